The largest absolute Gasteiger partial charge is 0.394 e. The van der Waals surface area contributed by atoms with Crippen LogP contribution in [0.15, 0.2) is 0 Å². The van der Waals surface area contributed by atoms with E-state index < -0.39 is 37.3 Å². The number of nitrogens with zero attached hydrogens (tertiary/aromatic N) is 1. The van der Waals surface area contributed by atoms with Crippen molar-refractivity contribution in [1.29, 1.82) is 0 Å². The van der Waals surface area contributed by atoms with Crippen molar-refractivity contribution < 1.29 is 30.0 Å². The lowest BCUT2D eigenvalue weighted by molar-refractivity contribution is -0.320. The average molecular weight is 223 g/mol. The van der Waals surface area contributed by atoms with Gasteiger partial charge in [0.2, 0.25) is 0 Å². The number of ether oxygens (including phenoxy) is 1. The second-order valence-electron chi connectivity index (χ2n) is 3.45. The lowest BCUT2D eigenvalue weighted by atomic mass is 9.98. The number of hydroxylamine groups is 2. The summed E-state index contributed by atoms with van der Waals surface area (Å²) in [6.45, 7) is -0.445. The van der Waals surface area contributed by atoms with Crippen LogP contribution in [0, 0.1) is 0 Å². The van der Waals surface area contributed by atoms with Crippen LogP contribution in [-0.4, -0.2) is 76.9 Å². The van der Waals surface area contributed by atoms with Crippen LogP contribution in [0.4, 0.5) is 0 Å². The summed E-state index contributed by atoms with van der Waals surface area (Å²) in [5, 5.41) is 38.6. The molecule has 3 unspecified atom stereocenters. The van der Waals surface area contributed by atoms with Crippen LogP contribution in [0.25, 0.3) is 0 Å². The number of likely N-dealkylation sites (N-methyl/N-ethyl adjacent to an activating group) is 1. The molecule has 4 N–H and O–H groups in total. The van der Waals surface area contributed by atoms with E-state index in [1.807, 2.05) is 0 Å². The Bertz CT molecular complexity index is 202. The molecule has 0 radical (unpaired) electrons. The average Bonchev–Trinajstić information content (AvgIpc) is 2.25. The third-order valence-electron chi connectivity index (χ3n) is 2.51. The van der Waals surface area contributed by atoms with Crippen molar-refractivity contribution in [1.82, 2.24) is 5.06 Å². The minimum atomic E-state index is -1.38. The molecule has 0 spiro atoms. The fraction of sp³-hybridized carbons (Fsp3) is 1.00. The van der Waals surface area contributed by atoms with Gasteiger partial charge in [-0.05, 0) is 0 Å². The Labute approximate surface area is 87.4 Å². The molecule has 1 saturated heterocycles. The third-order valence-corrected chi connectivity index (χ3v) is 2.51. The van der Waals surface area contributed by atoms with Crippen LogP contribution in [0.1, 0.15) is 0 Å². The molecule has 1 aliphatic rings. The van der Waals surface area contributed by atoms with Crippen molar-refractivity contribution in [2.75, 3.05) is 20.8 Å². The fourth-order valence-corrected chi connectivity index (χ4v) is 1.49. The van der Waals surface area contributed by atoms with Crippen molar-refractivity contribution in [2.45, 2.75) is 30.6 Å². The van der Waals surface area contributed by atoms with Crippen molar-refractivity contribution in [2.24, 2.45) is 0 Å². The molecule has 7 heteroatoms. The number of hydrogen-bond donors (Lipinski definition) is 4. The van der Waals surface area contributed by atoms with Crippen LogP contribution in [-0.2, 0) is 9.57 Å². The first-order chi connectivity index (χ1) is 7.02. The predicted molar refractivity (Wildman–Crippen MR) is 48.5 cm³/mol. The Kier molecular flexibility index (Phi) is 4.41. The predicted octanol–water partition coefficient (Wildman–Crippen LogP) is -2.72. The second-order valence-corrected chi connectivity index (χ2v) is 3.45. The van der Waals surface area contributed by atoms with E-state index in [4.69, 9.17) is 14.7 Å². The van der Waals surface area contributed by atoms with Crippen LogP contribution >= 0.6 is 0 Å². The molecule has 1 fully saturated rings. The van der Waals surface area contributed by atoms with Crippen molar-refractivity contribution in [3.05, 3.63) is 0 Å². The van der Waals surface area contributed by atoms with E-state index in [1.165, 1.54) is 19.2 Å². The lowest BCUT2D eigenvalue weighted by Crippen LogP contribution is -2.62. The van der Waals surface area contributed by atoms with E-state index in [9.17, 15) is 15.3 Å². The van der Waals surface area contributed by atoms with Crippen LogP contribution in [0.5, 0.6) is 0 Å². The van der Waals surface area contributed by atoms with E-state index in [2.05, 4.69) is 0 Å². The molecular weight excluding hydrogens is 206 g/mol. The molecule has 5 atom stereocenters. The summed E-state index contributed by atoms with van der Waals surface area (Å²) in [5.74, 6) is 0. The molecule has 0 aromatic heterocycles. The Morgan fingerprint density at radius 3 is 2.27 bits per heavy atom. The standard InChI is InChI=1S/C8H17NO6/c1-9(14-2)8-7(13)6(12)5(11)4(3-10)15-8/h4-8,10-13H,3H2,1-2H3/t4?,5-,6?,7-,8?/m0/s1. The summed E-state index contributed by atoms with van der Waals surface area (Å²) >= 11 is 0. The number of aliphatic hydroxyl groups excluding tert-OH is 4. The molecule has 1 rings (SSSR count). The second kappa shape index (κ2) is 5.17. The van der Waals surface area contributed by atoms with E-state index in [1.54, 1.807) is 0 Å². The Balaban J connectivity index is 2.74. The van der Waals surface area contributed by atoms with Crippen LogP contribution in [0.2, 0.25) is 0 Å². The first-order valence-corrected chi connectivity index (χ1v) is 4.60. The van der Waals surface area contributed by atoms with Crippen LogP contribution in [0.3, 0.4) is 0 Å². The van der Waals surface area contributed by atoms with Gasteiger partial charge in [-0.15, -0.1) is 0 Å². The monoisotopic (exact) mass is 223 g/mol. The summed E-state index contributed by atoms with van der Waals surface area (Å²) in [6, 6.07) is 0. The van der Waals surface area contributed by atoms with Gasteiger partial charge in [-0.2, -0.15) is 5.06 Å². The highest BCUT2D eigenvalue weighted by Crippen LogP contribution is 2.22. The summed E-state index contributed by atoms with van der Waals surface area (Å²) in [5.41, 5.74) is 0. The molecule has 0 aliphatic carbocycles. The summed E-state index contributed by atoms with van der Waals surface area (Å²) < 4.78 is 5.17. The van der Waals surface area contributed by atoms with Gasteiger partial charge >= 0.3 is 0 Å². The zero-order valence-corrected chi connectivity index (χ0v) is 8.65. The smallest absolute Gasteiger partial charge is 0.161 e. The van der Waals surface area contributed by atoms with Gasteiger partial charge in [0.05, 0.1) is 13.7 Å². The molecule has 15 heavy (non-hydrogen) atoms. The van der Waals surface area contributed by atoms with Gasteiger partial charge in [-0.1, -0.05) is 0 Å². The molecule has 1 aliphatic heterocycles. The molecular formula is C8H17NO6. The minimum Gasteiger partial charge on any atom is -0.394 e. The fourth-order valence-electron chi connectivity index (χ4n) is 1.49. The van der Waals surface area contributed by atoms with Crippen molar-refractivity contribution >= 4 is 0 Å². The van der Waals surface area contributed by atoms with Gasteiger partial charge in [0.1, 0.15) is 24.4 Å². The summed E-state index contributed by atoms with van der Waals surface area (Å²) in [7, 11) is 2.88. The maximum atomic E-state index is 9.58. The van der Waals surface area contributed by atoms with E-state index in [0.717, 1.165) is 0 Å². The SMILES string of the molecule is CON(C)C1OC(CO)[C@H](O)C(O)[C@@H]1O. The van der Waals surface area contributed by atoms with Gasteiger partial charge in [-0.25, -0.2) is 0 Å². The maximum Gasteiger partial charge on any atom is 0.161 e. The maximum absolute atomic E-state index is 9.58. The number of hydrogen-bond acceptors (Lipinski definition) is 7. The zero-order chi connectivity index (χ0) is 11.6. The van der Waals surface area contributed by atoms with E-state index >= 15 is 0 Å². The highest BCUT2D eigenvalue weighted by molar-refractivity contribution is 4.90. The topological polar surface area (TPSA) is 103 Å². The molecule has 0 bridgehead atoms. The summed E-state index contributed by atoms with van der Waals surface area (Å²) in [6.07, 6.45) is -5.85. The highest BCUT2D eigenvalue weighted by Gasteiger charge is 2.45. The first kappa shape index (κ1) is 12.8. The molecule has 0 aromatic rings. The zero-order valence-electron chi connectivity index (χ0n) is 8.65. The van der Waals surface area contributed by atoms with Crippen molar-refractivity contribution in [3.8, 4) is 0 Å². The van der Waals surface area contributed by atoms with Gasteiger partial charge in [0.15, 0.2) is 6.23 Å². The highest BCUT2D eigenvalue weighted by atomic mass is 16.7. The number of rotatable bonds is 3. The third kappa shape index (κ3) is 2.45. The molecule has 0 saturated carbocycles. The number of aliphatic hydroxyl groups is 4. The van der Waals surface area contributed by atoms with E-state index in [0.29, 0.717) is 0 Å². The van der Waals surface area contributed by atoms with Crippen LogP contribution < -0.4 is 0 Å². The van der Waals surface area contributed by atoms with Crippen molar-refractivity contribution in [3.63, 3.8) is 0 Å². The Morgan fingerprint density at radius 2 is 1.80 bits per heavy atom. The molecule has 0 aromatic carbocycles. The quantitative estimate of drug-likeness (QED) is 0.385. The molecule has 1 heterocycles. The Hall–Kier alpha value is -0.280. The van der Waals surface area contributed by atoms with E-state index in [-0.39, 0.29) is 0 Å². The van der Waals surface area contributed by atoms with Gasteiger partial charge in [0, 0.05) is 7.05 Å². The van der Waals surface area contributed by atoms with Gasteiger partial charge in [0.25, 0.3) is 0 Å². The minimum absolute atomic E-state index is 0.445. The lowest BCUT2D eigenvalue weighted by Gasteiger charge is -2.42. The van der Waals surface area contributed by atoms with Gasteiger partial charge in [-0.3, -0.25) is 4.84 Å². The first-order valence-electron chi connectivity index (χ1n) is 4.60. The molecule has 90 valence electrons. The summed E-state index contributed by atoms with van der Waals surface area (Å²) in [4.78, 5) is 4.81. The molecule has 0 amide bonds. The molecule has 7 nitrogen and oxygen atoms in total. The normalized spacial score (nSPS) is 42.2. The Morgan fingerprint density at radius 1 is 1.20 bits per heavy atom. The van der Waals surface area contributed by atoms with Gasteiger partial charge < -0.3 is 25.2 Å².